The van der Waals surface area contributed by atoms with Crippen LogP contribution in [0, 0.1) is 0 Å². The molecule has 4 aromatic rings. The van der Waals surface area contributed by atoms with Crippen LogP contribution in [0.25, 0.3) is 11.1 Å². The molecule has 4 aromatic carbocycles. The predicted octanol–water partition coefficient (Wildman–Crippen LogP) is 9.06. The molecule has 0 saturated heterocycles. The molecule has 0 bridgehead atoms. The SMILES string of the molecule is CC(C)(C)c1cc(-c2cc(C(C)(C)C)cc3c2OC3(C)C)c([O][Ge]([c]2ccccc2)[c]2ccccc2)c(C(C)(C)C)c1. The fraction of sp³-hybridized carbons (Fsp3) is 0.385. The molecule has 3 heteroatoms. The number of hydrogen-bond acceptors (Lipinski definition) is 2. The van der Waals surface area contributed by atoms with Crippen LogP contribution in [0.1, 0.15) is 98.4 Å². The summed E-state index contributed by atoms with van der Waals surface area (Å²) in [7, 11) is 0. The molecule has 219 valence electrons. The Balaban J connectivity index is 1.85. The van der Waals surface area contributed by atoms with Crippen molar-refractivity contribution in [3.8, 4) is 22.6 Å². The van der Waals surface area contributed by atoms with Gasteiger partial charge < -0.3 is 0 Å². The maximum absolute atomic E-state index is 7.51. The molecule has 0 fully saturated rings. The average molecular weight is 620 g/mol. The van der Waals surface area contributed by atoms with Gasteiger partial charge in [-0.1, -0.05) is 0 Å². The van der Waals surface area contributed by atoms with Crippen molar-refractivity contribution < 1.29 is 8.50 Å². The van der Waals surface area contributed by atoms with Crippen molar-refractivity contribution in [2.24, 2.45) is 0 Å². The molecule has 42 heavy (non-hydrogen) atoms. The molecule has 0 unspecified atom stereocenters. The van der Waals surface area contributed by atoms with E-state index in [1.165, 1.54) is 31.0 Å². The van der Waals surface area contributed by atoms with Crippen molar-refractivity contribution in [2.75, 3.05) is 0 Å². The summed E-state index contributed by atoms with van der Waals surface area (Å²) >= 11 is -2.48. The monoisotopic (exact) mass is 621 g/mol. The van der Waals surface area contributed by atoms with E-state index in [0.29, 0.717) is 0 Å². The molecule has 0 amide bonds. The van der Waals surface area contributed by atoms with Crippen molar-refractivity contribution >= 4 is 23.5 Å². The molecule has 0 N–H and O–H groups in total. The summed E-state index contributed by atoms with van der Waals surface area (Å²) in [4.78, 5) is 0. The zero-order valence-electron chi connectivity index (χ0n) is 27.4. The van der Waals surface area contributed by atoms with Gasteiger partial charge in [-0.05, 0) is 0 Å². The van der Waals surface area contributed by atoms with Crippen LogP contribution in [0.5, 0.6) is 11.5 Å². The molecule has 1 radical (unpaired) electrons. The van der Waals surface area contributed by atoms with Crippen LogP contribution < -0.4 is 17.3 Å². The molecule has 0 saturated carbocycles. The fourth-order valence-electron chi connectivity index (χ4n) is 5.58. The van der Waals surface area contributed by atoms with E-state index in [9.17, 15) is 0 Å². The molecule has 0 aromatic heterocycles. The van der Waals surface area contributed by atoms with Crippen LogP contribution in [0.15, 0.2) is 84.9 Å². The summed E-state index contributed by atoms with van der Waals surface area (Å²) in [6, 6.07) is 31.2. The van der Waals surface area contributed by atoms with Crippen molar-refractivity contribution in [3.63, 3.8) is 0 Å². The Kier molecular flexibility index (Phi) is 7.71. The first-order chi connectivity index (χ1) is 19.5. The number of hydrogen-bond donors (Lipinski definition) is 0. The minimum atomic E-state index is -2.48. The molecule has 1 heterocycles. The third-order valence-corrected chi connectivity index (χ3v) is 12.7. The molecule has 0 atom stereocenters. The minimum absolute atomic E-state index is 0.00191. The normalized spacial score (nSPS) is 14.7. The van der Waals surface area contributed by atoms with Gasteiger partial charge in [0.1, 0.15) is 0 Å². The molecular weight excluding hydrogens is 573 g/mol. The Morgan fingerprint density at radius 3 is 1.52 bits per heavy atom. The Morgan fingerprint density at radius 2 is 1.07 bits per heavy atom. The van der Waals surface area contributed by atoms with E-state index in [0.717, 1.165) is 22.6 Å². The van der Waals surface area contributed by atoms with E-state index in [4.69, 9.17) is 8.50 Å². The van der Waals surface area contributed by atoms with Crippen molar-refractivity contribution in [1.29, 1.82) is 0 Å². The Morgan fingerprint density at radius 1 is 0.595 bits per heavy atom. The Bertz CT molecular complexity index is 1540. The summed E-state index contributed by atoms with van der Waals surface area (Å²) < 4.78 is 16.7. The molecule has 0 spiro atoms. The molecule has 1 aliphatic heterocycles. The van der Waals surface area contributed by atoms with E-state index in [2.05, 4.69) is 161 Å². The third kappa shape index (κ3) is 5.93. The van der Waals surface area contributed by atoms with Gasteiger partial charge in [0.25, 0.3) is 0 Å². The number of benzene rings is 4. The Hall–Kier alpha value is -2.98. The van der Waals surface area contributed by atoms with Gasteiger partial charge in [-0.2, -0.15) is 0 Å². The van der Waals surface area contributed by atoms with E-state index < -0.39 is 14.7 Å². The standard InChI is InChI=1S/C39H47GeO2/c1-36(2,3)26-23-31(30-22-27(37(4,5)6)25-33-34(30)41-39(33,10)11)35(32(24-26)38(7,8)9)42-40(28-18-14-12-15-19-28)29-20-16-13-17-21-29/h12-25H,1-11H3. The second-order valence-electron chi connectivity index (χ2n) is 15.3. The van der Waals surface area contributed by atoms with Crippen molar-refractivity contribution in [2.45, 2.75) is 98.0 Å². The summed E-state index contributed by atoms with van der Waals surface area (Å²) in [6.07, 6.45) is 0. The van der Waals surface area contributed by atoms with Gasteiger partial charge in [0.15, 0.2) is 0 Å². The van der Waals surface area contributed by atoms with Crippen LogP contribution in [0.2, 0.25) is 0 Å². The topological polar surface area (TPSA) is 18.5 Å². The van der Waals surface area contributed by atoms with Gasteiger partial charge in [0, 0.05) is 0 Å². The van der Waals surface area contributed by atoms with Gasteiger partial charge in [-0.25, -0.2) is 0 Å². The van der Waals surface area contributed by atoms with Crippen LogP contribution in [-0.2, 0) is 21.8 Å². The second-order valence-corrected chi connectivity index (χ2v) is 19.6. The van der Waals surface area contributed by atoms with Crippen LogP contribution in [0.4, 0.5) is 0 Å². The molecular formula is C39H47GeO2. The molecule has 1 aliphatic rings. The second kappa shape index (κ2) is 10.6. The van der Waals surface area contributed by atoms with Crippen molar-refractivity contribution in [3.05, 3.63) is 107 Å². The number of ether oxygens (including phenoxy) is 1. The van der Waals surface area contributed by atoms with Crippen LogP contribution in [0.3, 0.4) is 0 Å². The zero-order chi connectivity index (χ0) is 30.7. The van der Waals surface area contributed by atoms with E-state index in [-0.39, 0.29) is 21.8 Å². The number of rotatable bonds is 5. The summed E-state index contributed by atoms with van der Waals surface area (Å²) in [5.41, 5.74) is 6.96. The first-order valence-corrected chi connectivity index (χ1v) is 18.2. The van der Waals surface area contributed by atoms with Gasteiger partial charge in [-0.3, -0.25) is 0 Å². The first-order valence-electron chi connectivity index (χ1n) is 15.2. The summed E-state index contributed by atoms with van der Waals surface area (Å²) in [5, 5.41) is 0. The first kappa shape index (κ1) is 30.5. The van der Waals surface area contributed by atoms with Crippen molar-refractivity contribution in [1.82, 2.24) is 0 Å². The fourth-order valence-corrected chi connectivity index (χ4v) is 9.74. The van der Waals surface area contributed by atoms with Gasteiger partial charge in [-0.15, -0.1) is 0 Å². The van der Waals surface area contributed by atoms with E-state index in [1.54, 1.807) is 0 Å². The van der Waals surface area contributed by atoms with Gasteiger partial charge >= 0.3 is 260 Å². The average Bonchev–Trinajstić information content (AvgIpc) is 2.90. The predicted molar refractivity (Wildman–Crippen MR) is 180 cm³/mol. The van der Waals surface area contributed by atoms with Crippen LogP contribution in [-0.4, -0.2) is 14.7 Å². The van der Waals surface area contributed by atoms with E-state index in [1.807, 2.05) is 0 Å². The van der Waals surface area contributed by atoms with Gasteiger partial charge in [0.2, 0.25) is 0 Å². The molecule has 5 rings (SSSR count). The third-order valence-electron chi connectivity index (χ3n) is 8.29. The maximum atomic E-state index is 7.51. The quantitative estimate of drug-likeness (QED) is 0.207. The van der Waals surface area contributed by atoms with Gasteiger partial charge in [0.05, 0.1) is 0 Å². The summed E-state index contributed by atoms with van der Waals surface area (Å²) in [5.74, 6) is 1.99. The zero-order valence-corrected chi connectivity index (χ0v) is 29.5. The molecule has 2 nitrogen and oxygen atoms in total. The molecule has 0 aliphatic carbocycles. The van der Waals surface area contributed by atoms with E-state index >= 15 is 0 Å². The summed E-state index contributed by atoms with van der Waals surface area (Å²) in [6.45, 7) is 25.0. The van der Waals surface area contributed by atoms with Crippen LogP contribution >= 0.6 is 0 Å². The number of fused-ring (bicyclic) bond motifs is 1. The Labute approximate surface area is 258 Å².